The number of nitrogens with zero attached hydrogens (tertiary/aromatic N) is 1. The third-order valence-corrected chi connectivity index (χ3v) is 3.27. The lowest BCUT2D eigenvalue weighted by Crippen LogP contribution is -2.25. The second kappa shape index (κ2) is 6.92. The molecule has 0 atom stereocenters. The molecule has 114 valence electrons. The van der Waals surface area contributed by atoms with Crippen LogP contribution in [0.5, 0.6) is 0 Å². The van der Waals surface area contributed by atoms with E-state index in [-0.39, 0.29) is 11.6 Å². The van der Waals surface area contributed by atoms with Gasteiger partial charge in [0.15, 0.2) is 0 Å². The van der Waals surface area contributed by atoms with Gasteiger partial charge in [0.05, 0.1) is 4.92 Å². The summed E-state index contributed by atoms with van der Waals surface area (Å²) >= 11 is 0. The maximum absolute atomic E-state index is 11.5. The highest BCUT2D eigenvalue weighted by molar-refractivity contribution is 5.76. The summed E-state index contributed by atoms with van der Waals surface area (Å²) in [7, 11) is 1.71. The van der Waals surface area contributed by atoms with Crippen molar-refractivity contribution in [2.24, 2.45) is 0 Å². The van der Waals surface area contributed by atoms with Gasteiger partial charge >= 0.3 is 0 Å². The van der Waals surface area contributed by atoms with Crippen molar-refractivity contribution >= 4 is 23.0 Å². The first kappa shape index (κ1) is 15.1. The van der Waals surface area contributed by atoms with E-state index in [0.29, 0.717) is 36.8 Å². The molecule has 1 aliphatic rings. The van der Waals surface area contributed by atoms with Crippen molar-refractivity contribution in [1.82, 2.24) is 5.32 Å². The molecule has 7 nitrogen and oxygen atoms in total. The summed E-state index contributed by atoms with van der Waals surface area (Å²) in [5, 5.41) is 19.8. The molecule has 0 heterocycles. The molecule has 1 aliphatic carbocycles. The lowest BCUT2D eigenvalue weighted by atomic mass is 10.2. The van der Waals surface area contributed by atoms with Crippen LogP contribution in [0.1, 0.15) is 25.7 Å². The third-order valence-electron chi connectivity index (χ3n) is 3.27. The van der Waals surface area contributed by atoms with Crippen LogP contribution >= 0.6 is 0 Å². The molecular formula is C14H20N4O3. The highest BCUT2D eigenvalue weighted by Gasteiger charge is 2.22. The van der Waals surface area contributed by atoms with Crippen LogP contribution in [-0.4, -0.2) is 30.5 Å². The zero-order valence-electron chi connectivity index (χ0n) is 12.0. The number of non-ortho nitro benzene ring substituents is 1. The van der Waals surface area contributed by atoms with Crippen LogP contribution in [0.25, 0.3) is 0 Å². The zero-order valence-corrected chi connectivity index (χ0v) is 12.0. The van der Waals surface area contributed by atoms with Gasteiger partial charge in [-0.1, -0.05) is 0 Å². The molecule has 0 bridgehead atoms. The van der Waals surface area contributed by atoms with E-state index in [1.54, 1.807) is 13.1 Å². The molecule has 0 radical (unpaired) electrons. The maximum atomic E-state index is 11.5. The lowest BCUT2D eigenvalue weighted by molar-refractivity contribution is -0.384. The van der Waals surface area contributed by atoms with E-state index in [1.807, 2.05) is 0 Å². The minimum atomic E-state index is -0.422. The Morgan fingerprint density at radius 1 is 1.33 bits per heavy atom. The van der Waals surface area contributed by atoms with Crippen LogP contribution in [0.3, 0.4) is 0 Å². The van der Waals surface area contributed by atoms with Crippen molar-refractivity contribution in [2.45, 2.75) is 31.7 Å². The number of nitro benzene ring substituents is 1. The Balaban J connectivity index is 1.80. The second-order valence-electron chi connectivity index (χ2n) is 5.15. The Morgan fingerprint density at radius 3 is 2.67 bits per heavy atom. The second-order valence-corrected chi connectivity index (χ2v) is 5.15. The van der Waals surface area contributed by atoms with Crippen molar-refractivity contribution in [3.05, 3.63) is 28.3 Å². The Labute approximate surface area is 123 Å². The summed E-state index contributed by atoms with van der Waals surface area (Å²) in [5.74, 6) is 0.0780. The predicted molar refractivity (Wildman–Crippen MR) is 81.5 cm³/mol. The van der Waals surface area contributed by atoms with E-state index < -0.39 is 4.92 Å². The van der Waals surface area contributed by atoms with E-state index in [0.717, 1.165) is 12.8 Å². The summed E-state index contributed by atoms with van der Waals surface area (Å²) < 4.78 is 0. The first-order valence-corrected chi connectivity index (χ1v) is 7.09. The van der Waals surface area contributed by atoms with Crippen LogP contribution in [0.15, 0.2) is 18.2 Å². The molecule has 1 amide bonds. The SMILES string of the molecule is CNc1cc(NCCCC(=O)NC2CC2)cc([N+](=O)[O-])c1. The largest absolute Gasteiger partial charge is 0.388 e. The van der Waals surface area contributed by atoms with E-state index >= 15 is 0 Å². The van der Waals surface area contributed by atoms with E-state index in [4.69, 9.17) is 0 Å². The highest BCUT2D eigenvalue weighted by atomic mass is 16.6. The number of carbonyl (C=O) groups excluding carboxylic acids is 1. The van der Waals surface area contributed by atoms with Gasteiger partial charge in [-0.15, -0.1) is 0 Å². The number of amides is 1. The molecule has 0 unspecified atom stereocenters. The van der Waals surface area contributed by atoms with Gasteiger partial charge in [0.2, 0.25) is 5.91 Å². The topological polar surface area (TPSA) is 96.3 Å². The first-order valence-electron chi connectivity index (χ1n) is 7.09. The molecule has 1 aromatic carbocycles. The van der Waals surface area contributed by atoms with E-state index in [1.165, 1.54) is 12.1 Å². The van der Waals surface area contributed by atoms with Crippen LogP contribution in [0, 0.1) is 10.1 Å². The van der Waals surface area contributed by atoms with Crippen LogP contribution in [0.2, 0.25) is 0 Å². The number of carbonyl (C=O) groups is 1. The third kappa shape index (κ3) is 4.94. The van der Waals surface area contributed by atoms with Crippen LogP contribution < -0.4 is 16.0 Å². The van der Waals surface area contributed by atoms with Crippen molar-refractivity contribution in [2.75, 3.05) is 24.2 Å². The number of rotatable bonds is 8. The number of hydrogen-bond donors (Lipinski definition) is 3. The Morgan fingerprint density at radius 2 is 2.05 bits per heavy atom. The molecule has 1 saturated carbocycles. The van der Waals surface area contributed by atoms with Crippen molar-refractivity contribution < 1.29 is 9.72 Å². The standard InChI is InChI=1S/C14H20N4O3/c1-15-11-7-12(9-13(8-11)18(20)21)16-6-2-3-14(19)17-10-4-5-10/h7-10,15-16H,2-6H2,1H3,(H,17,19). The summed E-state index contributed by atoms with van der Waals surface area (Å²) in [6.07, 6.45) is 3.34. The van der Waals surface area contributed by atoms with Gasteiger partial charge in [-0.05, 0) is 25.3 Å². The van der Waals surface area contributed by atoms with Crippen molar-refractivity contribution in [3.8, 4) is 0 Å². The predicted octanol–water partition coefficient (Wildman–Crippen LogP) is 2.11. The molecule has 0 spiro atoms. The van der Waals surface area contributed by atoms with E-state index in [9.17, 15) is 14.9 Å². The number of nitrogens with one attached hydrogen (secondary N) is 3. The summed E-state index contributed by atoms with van der Waals surface area (Å²) in [5.41, 5.74) is 1.39. The maximum Gasteiger partial charge on any atom is 0.273 e. The lowest BCUT2D eigenvalue weighted by Gasteiger charge is -2.09. The molecule has 7 heteroatoms. The highest BCUT2D eigenvalue weighted by Crippen LogP contribution is 2.24. The molecule has 0 aromatic heterocycles. The first-order chi connectivity index (χ1) is 10.1. The van der Waals surface area contributed by atoms with Gasteiger partial charge in [-0.3, -0.25) is 14.9 Å². The molecule has 1 fully saturated rings. The fourth-order valence-electron chi connectivity index (χ4n) is 1.97. The molecule has 1 aromatic rings. The minimum absolute atomic E-state index is 0.0378. The van der Waals surface area contributed by atoms with Crippen molar-refractivity contribution in [3.63, 3.8) is 0 Å². The minimum Gasteiger partial charge on any atom is -0.388 e. The van der Waals surface area contributed by atoms with Gasteiger partial charge in [0.1, 0.15) is 0 Å². The van der Waals surface area contributed by atoms with Crippen LogP contribution in [-0.2, 0) is 4.79 Å². The van der Waals surface area contributed by atoms with Gasteiger partial charge in [-0.2, -0.15) is 0 Å². The van der Waals surface area contributed by atoms with Crippen molar-refractivity contribution in [1.29, 1.82) is 0 Å². The smallest absolute Gasteiger partial charge is 0.273 e. The average molecular weight is 292 g/mol. The number of hydrogen-bond acceptors (Lipinski definition) is 5. The summed E-state index contributed by atoms with van der Waals surface area (Å²) in [6.45, 7) is 0.600. The zero-order chi connectivity index (χ0) is 15.2. The normalized spacial score (nSPS) is 13.6. The molecule has 3 N–H and O–H groups in total. The molecule has 21 heavy (non-hydrogen) atoms. The average Bonchev–Trinajstić information content (AvgIpc) is 3.27. The molecule has 0 aliphatic heterocycles. The Kier molecular flexibility index (Phi) is 4.97. The number of nitro groups is 1. The fourth-order valence-corrected chi connectivity index (χ4v) is 1.97. The fraction of sp³-hybridized carbons (Fsp3) is 0.500. The monoisotopic (exact) mass is 292 g/mol. The van der Waals surface area contributed by atoms with Gasteiger partial charge in [0.25, 0.3) is 5.69 Å². The number of anilines is 2. The number of benzene rings is 1. The summed E-state index contributed by atoms with van der Waals surface area (Å²) in [6, 6.07) is 5.16. The Bertz CT molecular complexity index is 529. The van der Waals surface area contributed by atoms with Crippen LogP contribution in [0.4, 0.5) is 17.1 Å². The molecule has 0 saturated heterocycles. The van der Waals surface area contributed by atoms with Gasteiger partial charge in [-0.25, -0.2) is 0 Å². The summed E-state index contributed by atoms with van der Waals surface area (Å²) in [4.78, 5) is 21.9. The Hall–Kier alpha value is -2.31. The molecule has 2 rings (SSSR count). The van der Waals surface area contributed by atoms with Gasteiger partial charge < -0.3 is 16.0 Å². The van der Waals surface area contributed by atoms with Gasteiger partial charge in [0, 0.05) is 49.6 Å². The molecular weight excluding hydrogens is 272 g/mol. The quantitative estimate of drug-likeness (QED) is 0.387. The van der Waals surface area contributed by atoms with E-state index in [2.05, 4.69) is 16.0 Å².